The summed E-state index contributed by atoms with van der Waals surface area (Å²) in [6.07, 6.45) is 4.95. The van der Waals surface area contributed by atoms with Crippen LogP contribution in [0.4, 0.5) is 0 Å². The molecule has 2 atom stereocenters. The van der Waals surface area contributed by atoms with E-state index in [2.05, 4.69) is 27.8 Å². The summed E-state index contributed by atoms with van der Waals surface area (Å²) >= 11 is 12.4. The van der Waals surface area contributed by atoms with Gasteiger partial charge in [0.25, 0.3) is 0 Å². The van der Waals surface area contributed by atoms with Gasteiger partial charge < -0.3 is 19.9 Å². The van der Waals surface area contributed by atoms with Gasteiger partial charge in [0.1, 0.15) is 12.2 Å². The molecule has 0 saturated carbocycles. The summed E-state index contributed by atoms with van der Waals surface area (Å²) in [6, 6.07) is 5.50. The monoisotopic (exact) mass is 566 g/mol. The number of nitrogens with one attached hydrogen (secondary N) is 2. The zero-order chi connectivity index (χ0) is 20.6. The first-order valence-corrected chi connectivity index (χ1v) is 10.8. The number of guanidine groups is 1. The minimum atomic E-state index is -0.0309. The molecule has 0 amide bonds. The highest BCUT2D eigenvalue weighted by molar-refractivity contribution is 14.0. The Morgan fingerprint density at radius 1 is 1.40 bits per heavy atom. The first-order valence-electron chi connectivity index (χ1n) is 10.0. The fourth-order valence-corrected chi connectivity index (χ4v) is 3.88. The molecule has 0 aliphatic carbocycles. The van der Waals surface area contributed by atoms with Gasteiger partial charge in [-0.1, -0.05) is 36.2 Å². The molecule has 7 nitrogen and oxygen atoms in total. The standard InChI is InChI=1S/C20H28Cl2N6O.HI/c1-3-19-27-25-13-28(19)9-8-23-20(24-12-16-5-4-10-29-16)26-14(2)17-7-6-15(21)11-18(17)22;/h6-7,11,13-14,16H,3-5,8-10,12H2,1-2H3,(H2,23,24,26);1H. The molecular weight excluding hydrogens is 538 g/mol. The van der Waals surface area contributed by atoms with Crippen LogP contribution in [0.5, 0.6) is 0 Å². The summed E-state index contributed by atoms with van der Waals surface area (Å²) in [4.78, 5) is 4.74. The van der Waals surface area contributed by atoms with Crippen molar-refractivity contribution >= 4 is 53.1 Å². The van der Waals surface area contributed by atoms with Crippen molar-refractivity contribution in [2.75, 3.05) is 19.7 Å². The second kappa shape index (κ2) is 12.7. The number of hydrogen-bond donors (Lipinski definition) is 2. The number of benzene rings is 1. The number of hydrogen-bond acceptors (Lipinski definition) is 4. The van der Waals surface area contributed by atoms with E-state index < -0.39 is 0 Å². The number of aromatic nitrogens is 3. The highest BCUT2D eigenvalue weighted by atomic mass is 127. The van der Waals surface area contributed by atoms with Gasteiger partial charge in [-0.25, -0.2) is 0 Å². The molecule has 1 aromatic heterocycles. The predicted molar refractivity (Wildman–Crippen MR) is 132 cm³/mol. The minimum Gasteiger partial charge on any atom is -0.376 e. The highest BCUT2D eigenvalue weighted by Crippen LogP contribution is 2.26. The molecule has 10 heteroatoms. The number of rotatable bonds is 8. The van der Waals surface area contributed by atoms with Crippen molar-refractivity contribution in [1.82, 2.24) is 25.4 Å². The van der Waals surface area contributed by atoms with Crippen LogP contribution in [0.15, 0.2) is 29.5 Å². The van der Waals surface area contributed by atoms with E-state index in [1.54, 1.807) is 12.4 Å². The molecule has 1 aliphatic heterocycles. The van der Waals surface area contributed by atoms with Gasteiger partial charge in [0, 0.05) is 36.2 Å². The van der Waals surface area contributed by atoms with E-state index in [0.717, 1.165) is 49.8 Å². The number of aryl methyl sites for hydroxylation is 1. The smallest absolute Gasteiger partial charge is 0.191 e. The first kappa shape index (κ1) is 25.2. The summed E-state index contributed by atoms with van der Waals surface area (Å²) in [7, 11) is 0. The third kappa shape index (κ3) is 7.25. The van der Waals surface area contributed by atoms with E-state index in [4.69, 9.17) is 32.9 Å². The number of nitrogens with zero attached hydrogens (tertiary/aromatic N) is 4. The van der Waals surface area contributed by atoms with Crippen molar-refractivity contribution in [3.05, 3.63) is 46.0 Å². The summed E-state index contributed by atoms with van der Waals surface area (Å²) in [5.74, 6) is 1.70. The SMILES string of the molecule is CCc1nncn1CCNC(=NCC1CCCO1)NC(C)c1ccc(Cl)cc1Cl.I. The van der Waals surface area contributed by atoms with Gasteiger partial charge in [-0.2, -0.15) is 0 Å². The second-order valence-corrected chi connectivity index (χ2v) is 7.92. The van der Waals surface area contributed by atoms with Crippen molar-refractivity contribution in [3.63, 3.8) is 0 Å². The molecule has 0 radical (unpaired) electrons. The number of aliphatic imine (C=N–C) groups is 1. The van der Waals surface area contributed by atoms with E-state index >= 15 is 0 Å². The first-order chi connectivity index (χ1) is 14.1. The van der Waals surface area contributed by atoms with E-state index in [9.17, 15) is 0 Å². The van der Waals surface area contributed by atoms with Crippen molar-refractivity contribution in [2.45, 2.75) is 51.8 Å². The average molecular weight is 567 g/mol. The quantitative estimate of drug-likeness (QED) is 0.284. The Bertz CT molecular complexity index is 825. The molecule has 2 aromatic rings. The van der Waals surface area contributed by atoms with Crippen LogP contribution in [-0.2, 0) is 17.7 Å². The Labute approximate surface area is 205 Å². The lowest BCUT2D eigenvalue weighted by Crippen LogP contribution is -2.41. The van der Waals surface area contributed by atoms with E-state index in [-0.39, 0.29) is 36.1 Å². The van der Waals surface area contributed by atoms with Crippen LogP contribution in [0.2, 0.25) is 10.0 Å². The van der Waals surface area contributed by atoms with E-state index in [0.29, 0.717) is 23.1 Å². The maximum Gasteiger partial charge on any atom is 0.191 e. The van der Waals surface area contributed by atoms with Gasteiger partial charge in [-0.05, 0) is 37.5 Å². The molecule has 1 aromatic carbocycles. The third-order valence-corrected chi connectivity index (χ3v) is 5.48. The van der Waals surface area contributed by atoms with Gasteiger partial charge in [-0.3, -0.25) is 4.99 Å². The molecule has 1 saturated heterocycles. The Kier molecular flexibility index (Phi) is 10.6. The largest absolute Gasteiger partial charge is 0.376 e. The lowest BCUT2D eigenvalue weighted by molar-refractivity contribution is 0.117. The zero-order valence-corrected chi connectivity index (χ0v) is 21.1. The Hall–Kier alpha value is -1.10. The molecule has 2 unspecified atom stereocenters. The van der Waals surface area contributed by atoms with Crippen LogP contribution in [0, 0.1) is 0 Å². The lowest BCUT2D eigenvalue weighted by Gasteiger charge is -2.20. The molecule has 2 heterocycles. The molecular formula is C20H29Cl2IN6O. The van der Waals surface area contributed by atoms with Crippen LogP contribution in [0.1, 0.15) is 44.1 Å². The van der Waals surface area contributed by atoms with Crippen molar-refractivity contribution < 1.29 is 4.74 Å². The van der Waals surface area contributed by atoms with Crippen LogP contribution in [-0.4, -0.2) is 46.5 Å². The molecule has 3 rings (SSSR count). The number of halogens is 3. The van der Waals surface area contributed by atoms with Crippen LogP contribution < -0.4 is 10.6 Å². The maximum atomic E-state index is 6.37. The van der Waals surface area contributed by atoms with Crippen LogP contribution in [0.25, 0.3) is 0 Å². The molecule has 166 valence electrons. The fraction of sp³-hybridized carbons (Fsp3) is 0.550. The van der Waals surface area contributed by atoms with E-state index in [1.807, 2.05) is 23.6 Å². The van der Waals surface area contributed by atoms with Gasteiger partial charge in [0.05, 0.1) is 18.7 Å². The number of ether oxygens (including phenoxy) is 1. The highest BCUT2D eigenvalue weighted by Gasteiger charge is 2.16. The molecule has 0 spiro atoms. The van der Waals surface area contributed by atoms with Gasteiger partial charge in [0.2, 0.25) is 0 Å². The summed E-state index contributed by atoms with van der Waals surface area (Å²) in [5, 5.41) is 16.2. The van der Waals surface area contributed by atoms with Gasteiger partial charge in [0.15, 0.2) is 5.96 Å². The Morgan fingerprint density at radius 2 is 2.23 bits per heavy atom. The molecule has 1 aliphatic rings. The molecule has 30 heavy (non-hydrogen) atoms. The average Bonchev–Trinajstić information content (AvgIpc) is 3.37. The molecule has 1 fully saturated rings. The predicted octanol–water partition coefficient (Wildman–Crippen LogP) is 4.24. The van der Waals surface area contributed by atoms with Crippen LogP contribution in [0.3, 0.4) is 0 Å². The van der Waals surface area contributed by atoms with Crippen LogP contribution >= 0.6 is 47.2 Å². The van der Waals surface area contributed by atoms with Crippen molar-refractivity contribution in [3.8, 4) is 0 Å². The molecule has 0 bridgehead atoms. The zero-order valence-electron chi connectivity index (χ0n) is 17.3. The summed E-state index contributed by atoms with van der Waals surface area (Å²) in [6.45, 7) is 7.02. The lowest BCUT2D eigenvalue weighted by atomic mass is 10.1. The Balaban J connectivity index is 0.00000320. The maximum absolute atomic E-state index is 6.37. The summed E-state index contributed by atoms with van der Waals surface area (Å²) in [5.41, 5.74) is 0.967. The van der Waals surface area contributed by atoms with Gasteiger partial charge in [-0.15, -0.1) is 34.2 Å². The topological polar surface area (TPSA) is 76.4 Å². The van der Waals surface area contributed by atoms with Crippen molar-refractivity contribution in [2.24, 2.45) is 4.99 Å². The summed E-state index contributed by atoms with van der Waals surface area (Å²) < 4.78 is 7.75. The fourth-order valence-electron chi connectivity index (χ4n) is 3.30. The third-order valence-electron chi connectivity index (χ3n) is 4.92. The normalized spacial score (nSPS) is 17.5. The second-order valence-electron chi connectivity index (χ2n) is 7.08. The van der Waals surface area contributed by atoms with E-state index in [1.165, 1.54) is 0 Å². The van der Waals surface area contributed by atoms with Crippen molar-refractivity contribution in [1.29, 1.82) is 0 Å². The minimum absolute atomic E-state index is 0. The van der Waals surface area contributed by atoms with Gasteiger partial charge >= 0.3 is 0 Å². The Morgan fingerprint density at radius 3 is 2.93 bits per heavy atom. The molecule has 2 N–H and O–H groups in total.